The molecule has 0 radical (unpaired) electrons. The second-order valence-corrected chi connectivity index (χ2v) is 7.52. The molecular formula is C17H19ClN2O3S. The molecule has 0 aromatic heterocycles. The Balaban J connectivity index is 2.10. The fourth-order valence-corrected chi connectivity index (χ4v) is 3.50. The molecule has 2 aromatic carbocycles. The van der Waals surface area contributed by atoms with E-state index < -0.39 is 10.0 Å². The summed E-state index contributed by atoms with van der Waals surface area (Å²) in [7, 11) is -3.60. The second kappa shape index (κ2) is 7.79. The lowest BCUT2D eigenvalue weighted by Crippen LogP contribution is -2.37. The van der Waals surface area contributed by atoms with Gasteiger partial charge in [-0.15, -0.1) is 0 Å². The molecule has 128 valence electrons. The van der Waals surface area contributed by atoms with Gasteiger partial charge in [0.15, 0.2) is 0 Å². The highest BCUT2D eigenvalue weighted by Crippen LogP contribution is 2.24. The number of hydrogen-bond acceptors (Lipinski definition) is 3. The minimum Gasteiger partial charge on any atom is -0.311 e. The Hall–Kier alpha value is -1.89. The number of carbonyl (C=O) groups excluding carboxylic acids is 1. The van der Waals surface area contributed by atoms with Crippen molar-refractivity contribution in [2.45, 2.75) is 18.7 Å². The van der Waals surface area contributed by atoms with E-state index >= 15 is 0 Å². The van der Waals surface area contributed by atoms with E-state index in [4.69, 9.17) is 11.6 Å². The third-order valence-corrected chi connectivity index (χ3v) is 5.24. The number of halogens is 1. The molecule has 1 N–H and O–H groups in total. The first kappa shape index (κ1) is 18.4. The summed E-state index contributed by atoms with van der Waals surface area (Å²) in [6, 6.07) is 13.4. The largest absolute Gasteiger partial charge is 0.311 e. The number of nitrogens with one attached hydrogen (secondary N) is 1. The fraction of sp³-hybridized carbons (Fsp3) is 0.235. The summed E-state index contributed by atoms with van der Waals surface area (Å²) in [6.07, 6.45) is 0. The van der Waals surface area contributed by atoms with Crippen LogP contribution >= 0.6 is 11.6 Å². The van der Waals surface area contributed by atoms with Crippen molar-refractivity contribution in [2.75, 3.05) is 18.0 Å². The molecule has 0 spiro atoms. The van der Waals surface area contributed by atoms with E-state index in [1.807, 2.05) is 13.0 Å². The first-order valence-corrected chi connectivity index (χ1v) is 9.26. The molecule has 0 fully saturated rings. The fourth-order valence-electron chi connectivity index (χ4n) is 2.30. The number of hydrogen-bond donors (Lipinski definition) is 1. The SMILES string of the molecule is CC(=O)N(CCNS(=O)(=O)c1ccccc1)c1cc(Cl)ccc1C. The van der Waals surface area contributed by atoms with Gasteiger partial charge in [-0.25, -0.2) is 13.1 Å². The molecule has 0 saturated heterocycles. The summed E-state index contributed by atoms with van der Waals surface area (Å²) in [5, 5.41) is 0.520. The lowest BCUT2D eigenvalue weighted by atomic mass is 10.2. The minimum absolute atomic E-state index is 0.1000. The highest BCUT2D eigenvalue weighted by atomic mass is 35.5. The standard InChI is InChI=1S/C17H19ClN2O3S/c1-13-8-9-15(18)12-17(13)20(14(2)21)11-10-19-24(22,23)16-6-4-3-5-7-16/h3-9,12,19H,10-11H2,1-2H3. The van der Waals surface area contributed by atoms with Crippen LogP contribution in [0.25, 0.3) is 0 Å². The molecule has 0 heterocycles. The number of aryl methyl sites for hydroxylation is 1. The van der Waals surface area contributed by atoms with Crippen molar-refractivity contribution in [3.8, 4) is 0 Å². The lowest BCUT2D eigenvalue weighted by Gasteiger charge is -2.23. The lowest BCUT2D eigenvalue weighted by molar-refractivity contribution is -0.116. The molecule has 0 unspecified atom stereocenters. The second-order valence-electron chi connectivity index (χ2n) is 5.31. The highest BCUT2D eigenvalue weighted by Gasteiger charge is 2.17. The quantitative estimate of drug-likeness (QED) is 0.854. The van der Waals surface area contributed by atoms with Crippen LogP contribution in [-0.2, 0) is 14.8 Å². The Morgan fingerprint density at radius 2 is 1.83 bits per heavy atom. The van der Waals surface area contributed by atoms with E-state index in [0.29, 0.717) is 10.7 Å². The van der Waals surface area contributed by atoms with Crippen molar-refractivity contribution >= 4 is 33.2 Å². The van der Waals surface area contributed by atoms with Crippen LogP contribution in [0.2, 0.25) is 5.02 Å². The van der Waals surface area contributed by atoms with Crippen LogP contribution < -0.4 is 9.62 Å². The first-order valence-electron chi connectivity index (χ1n) is 7.40. The summed E-state index contributed by atoms with van der Waals surface area (Å²) in [4.78, 5) is 13.6. The minimum atomic E-state index is -3.60. The predicted molar refractivity (Wildman–Crippen MR) is 95.8 cm³/mol. The van der Waals surface area contributed by atoms with Crippen LogP contribution in [0.3, 0.4) is 0 Å². The topological polar surface area (TPSA) is 66.5 Å². The average molecular weight is 367 g/mol. The van der Waals surface area contributed by atoms with Crippen molar-refractivity contribution in [3.05, 3.63) is 59.1 Å². The maximum atomic E-state index is 12.2. The van der Waals surface area contributed by atoms with E-state index in [1.54, 1.807) is 30.3 Å². The molecule has 5 nitrogen and oxygen atoms in total. The van der Waals surface area contributed by atoms with Gasteiger partial charge < -0.3 is 4.90 Å². The summed E-state index contributed by atoms with van der Waals surface area (Å²) < 4.78 is 26.9. The van der Waals surface area contributed by atoms with Crippen LogP contribution in [0, 0.1) is 6.92 Å². The van der Waals surface area contributed by atoms with Crippen LogP contribution in [0.5, 0.6) is 0 Å². The zero-order valence-electron chi connectivity index (χ0n) is 13.5. The Kier molecular flexibility index (Phi) is 5.99. The van der Waals surface area contributed by atoms with Crippen molar-refractivity contribution in [1.29, 1.82) is 0 Å². The molecule has 2 aromatic rings. The van der Waals surface area contributed by atoms with Crippen LogP contribution in [-0.4, -0.2) is 27.4 Å². The van der Waals surface area contributed by atoms with Gasteiger partial charge in [-0.2, -0.15) is 0 Å². The van der Waals surface area contributed by atoms with E-state index in [0.717, 1.165) is 5.56 Å². The number of amides is 1. The highest BCUT2D eigenvalue weighted by molar-refractivity contribution is 7.89. The van der Waals surface area contributed by atoms with Crippen molar-refractivity contribution < 1.29 is 13.2 Å². The van der Waals surface area contributed by atoms with E-state index in [2.05, 4.69) is 4.72 Å². The van der Waals surface area contributed by atoms with E-state index in [1.165, 1.54) is 24.0 Å². The van der Waals surface area contributed by atoms with Gasteiger partial charge in [-0.05, 0) is 36.8 Å². The van der Waals surface area contributed by atoms with Crippen molar-refractivity contribution in [3.63, 3.8) is 0 Å². The van der Waals surface area contributed by atoms with E-state index in [9.17, 15) is 13.2 Å². The smallest absolute Gasteiger partial charge is 0.240 e. The number of rotatable bonds is 6. The third kappa shape index (κ3) is 4.56. The van der Waals surface area contributed by atoms with Gasteiger partial charge in [0.1, 0.15) is 0 Å². The molecule has 0 aliphatic heterocycles. The maximum absolute atomic E-state index is 12.2. The molecule has 0 atom stereocenters. The summed E-state index contributed by atoms with van der Waals surface area (Å²) >= 11 is 6.00. The molecule has 0 aliphatic rings. The normalized spacial score (nSPS) is 11.3. The number of benzene rings is 2. The van der Waals surface area contributed by atoms with E-state index in [-0.39, 0.29) is 23.9 Å². The zero-order valence-corrected chi connectivity index (χ0v) is 15.1. The summed E-state index contributed by atoms with van der Waals surface area (Å²) in [5.41, 5.74) is 1.56. The van der Waals surface area contributed by atoms with Crippen LogP contribution in [0.4, 0.5) is 5.69 Å². The summed E-state index contributed by atoms with van der Waals surface area (Å²) in [6.45, 7) is 3.62. The Morgan fingerprint density at radius 3 is 2.46 bits per heavy atom. The van der Waals surface area contributed by atoms with Gasteiger partial charge in [0.2, 0.25) is 15.9 Å². The number of carbonyl (C=O) groups is 1. The molecule has 24 heavy (non-hydrogen) atoms. The third-order valence-electron chi connectivity index (χ3n) is 3.52. The van der Waals surface area contributed by atoms with Crippen LogP contribution in [0.15, 0.2) is 53.4 Å². The van der Waals surface area contributed by atoms with Gasteiger partial charge >= 0.3 is 0 Å². The van der Waals surface area contributed by atoms with Gasteiger partial charge in [-0.3, -0.25) is 4.79 Å². The summed E-state index contributed by atoms with van der Waals surface area (Å²) in [5.74, 6) is -0.181. The number of sulfonamides is 1. The maximum Gasteiger partial charge on any atom is 0.240 e. The van der Waals surface area contributed by atoms with Gasteiger partial charge in [-0.1, -0.05) is 35.9 Å². The Labute approximate surface area is 147 Å². The molecule has 0 bridgehead atoms. The number of nitrogens with zero attached hydrogens (tertiary/aromatic N) is 1. The van der Waals surface area contributed by atoms with Gasteiger partial charge in [0.25, 0.3) is 0 Å². The molecule has 2 rings (SSSR count). The van der Waals surface area contributed by atoms with Crippen LogP contribution in [0.1, 0.15) is 12.5 Å². The van der Waals surface area contributed by atoms with Crippen molar-refractivity contribution in [1.82, 2.24) is 4.72 Å². The molecule has 0 aliphatic carbocycles. The first-order chi connectivity index (χ1) is 11.3. The molecule has 7 heteroatoms. The average Bonchev–Trinajstić information content (AvgIpc) is 2.55. The van der Waals surface area contributed by atoms with Crippen molar-refractivity contribution in [2.24, 2.45) is 0 Å². The zero-order chi connectivity index (χ0) is 17.7. The predicted octanol–water partition coefficient (Wildman–Crippen LogP) is 2.98. The van der Waals surface area contributed by atoms with Gasteiger partial charge in [0, 0.05) is 30.7 Å². The molecule has 1 amide bonds. The molecular weight excluding hydrogens is 348 g/mol. The number of anilines is 1. The van der Waals surface area contributed by atoms with Gasteiger partial charge in [0.05, 0.1) is 4.90 Å². The Morgan fingerprint density at radius 1 is 1.17 bits per heavy atom. The monoisotopic (exact) mass is 366 g/mol. The molecule has 0 saturated carbocycles. The Bertz CT molecular complexity index is 823.